The fourth-order valence-electron chi connectivity index (χ4n) is 2.35. The molecule has 1 aromatic heterocycles. The molecule has 17 heavy (non-hydrogen) atoms. The smallest absolute Gasteiger partial charge is 0.135 e. The Labute approximate surface area is 102 Å². The molecule has 1 aliphatic heterocycles. The molecule has 2 heterocycles. The average molecular weight is 238 g/mol. The number of nitrogens with two attached hydrogens (primary N) is 1. The Morgan fingerprint density at radius 1 is 1.53 bits per heavy atom. The van der Waals surface area contributed by atoms with E-state index in [1.807, 2.05) is 6.92 Å². The predicted molar refractivity (Wildman–Crippen MR) is 65.7 cm³/mol. The average Bonchev–Trinajstić information content (AvgIpc) is 2.71. The van der Waals surface area contributed by atoms with Crippen molar-refractivity contribution >= 4 is 0 Å². The molecule has 5 heteroatoms. The summed E-state index contributed by atoms with van der Waals surface area (Å²) in [7, 11) is 0. The minimum Gasteiger partial charge on any atom is -0.377 e. The minimum absolute atomic E-state index is 0.0626. The number of hydrogen-bond acceptors (Lipinski definition) is 4. The topological polar surface area (TPSA) is 66.0 Å². The van der Waals surface area contributed by atoms with Crippen molar-refractivity contribution in [2.45, 2.75) is 45.8 Å². The van der Waals surface area contributed by atoms with Gasteiger partial charge in [-0.05, 0) is 19.3 Å². The lowest BCUT2D eigenvalue weighted by Gasteiger charge is -2.21. The van der Waals surface area contributed by atoms with Crippen LogP contribution in [0.15, 0.2) is 0 Å². The standard InChI is InChI=1S/C12H22N4O/c1-3-17-10(8-13)7-12-15-14-11-6-9(2)4-5-16(11)12/h9-10H,3-8,13H2,1-2H3. The summed E-state index contributed by atoms with van der Waals surface area (Å²) in [6.07, 6.45) is 3.08. The third-order valence-corrected chi connectivity index (χ3v) is 3.36. The zero-order valence-electron chi connectivity index (χ0n) is 10.7. The summed E-state index contributed by atoms with van der Waals surface area (Å²) in [5, 5.41) is 8.55. The molecule has 0 aromatic carbocycles. The first kappa shape index (κ1) is 12.5. The van der Waals surface area contributed by atoms with Gasteiger partial charge in [0.2, 0.25) is 0 Å². The number of aromatic nitrogens is 3. The fraction of sp³-hybridized carbons (Fsp3) is 0.833. The molecule has 0 saturated heterocycles. The molecule has 0 amide bonds. The van der Waals surface area contributed by atoms with Crippen LogP contribution in [0.1, 0.15) is 31.9 Å². The highest BCUT2D eigenvalue weighted by atomic mass is 16.5. The summed E-state index contributed by atoms with van der Waals surface area (Å²) < 4.78 is 7.81. The van der Waals surface area contributed by atoms with E-state index in [9.17, 15) is 0 Å². The fourth-order valence-corrected chi connectivity index (χ4v) is 2.35. The SMILES string of the molecule is CCOC(CN)Cc1nnc2n1CCC(C)C2. The van der Waals surface area contributed by atoms with Gasteiger partial charge in [-0.1, -0.05) is 6.92 Å². The molecule has 1 aliphatic rings. The van der Waals surface area contributed by atoms with Crippen LogP contribution < -0.4 is 5.73 Å². The van der Waals surface area contributed by atoms with Gasteiger partial charge in [0.05, 0.1) is 6.10 Å². The van der Waals surface area contributed by atoms with Crippen LogP contribution in [0.5, 0.6) is 0 Å². The molecule has 1 aromatic rings. The van der Waals surface area contributed by atoms with Gasteiger partial charge >= 0.3 is 0 Å². The van der Waals surface area contributed by atoms with Crippen LogP contribution in [0, 0.1) is 5.92 Å². The van der Waals surface area contributed by atoms with Crippen molar-refractivity contribution in [3.8, 4) is 0 Å². The van der Waals surface area contributed by atoms with Gasteiger partial charge in [0.1, 0.15) is 11.6 Å². The lowest BCUT2D eigenvalue weighted by atomic mass is 10.0. The quantitative estimate of drug-likeness (QED) is 0.822. The Kier molecular flexibility index (Phi) is 4.12. The number of nitrogens with zero attached hydrogens (tertiary/aromatic N) is 3. The van der Waals surface area contributed by atoms with Crippen molar-refractivity contribution in [1.29, 1.82) is 0 Å². The van der Waals surface area contributed by atoms with Gasteiger partial charge < -0.3 is 15.0 Å². The van der Waals surface area contributed by atoms with Crippen molar-refractivity contribution in [2.24, 2.45) is 11.7 Å². The van der Waals surface area contributed by atoms with Crippen LogP contribution >= 0.6 is 0 Å². The molecule has 2 rings (SSSR count). The van der Waals surface area contributed by atoms with Gasteiger partial charge in [0.15, 0.2) is 0 Å². The normalized spacial score (nSPS) is 21.2. The van der Waals surface area contributed by atoms with Gasteiger partial charge in [-0.3, -0.25) is 0 Å². The Hall–Kier alpha value is -0.940. The molecule has 0 bridgehead atoms. The summed E-state index contributed by atoms with van der Waals surface area (Å²) in [5.41, 5.74) is 5.69. The van der Waals surface area contributed by atoms with Crippen LogP contribution in [-0.4, -0.2) is 34.0 Å². The van der Waals surface area contributed by atoms with E-state index < -0.39 is 0 Å². The first-order valence-corrected chi connectivity index (χ1v) is 6.47. The third-order valence-electron chi connectivity index (χ3n) is 3.36. The van der Waals surface area contributed by atoms with Gasteiger partial charge in [-0.2, -0.15) is 0 Å². The monoisotopic (exact) mass is 238 g/mol. The molecule has 5 nitrogen and oxygen atoms in total. The highest BCUT2D eigenvalue weighted by Crippen LogP contribution is 2.20. The van der Waals surface area contributed by atoms with E-state index in [4.69, 9.17) is 10.5 Å². The second-order valence-corrected chi connectivity index (χ2v) is 4.80. The Balaban J connectivity index is 2.06. The lowest BCUT2D eigenvalue weighted by Crippen LogP contribution is -2.28. The molecular weight excluding hydrogens is 216 g/mol. The molecule has 0 spiro atoms. The molecule has 2 atom stereocenters. The van der Waals surface area contributed by atoms with Gasteiger partial charge in [0, 0.05) is 32.5 Å². The van der Waals surface area contributed by atoms with Gasteiger partial charge in [0.25, 0.3) is 0 Å². The number of fused-ring (bicyclic) bond motifs is 1. The number of ether oxygens (including phenoxy) is 1. The zero-order chi connectivity index (χ0) is 12.3. The van der Waals surface area contributed by atoms with E-state index >= 15 is 0 Å². The van der Waals surface area contributed by atoms with Crippen LogP contribution in [0.25, 0.3) is 0 Å². The molecule has 0 radical (unpaired) electrons. The maximum absolute atomic E-state index is 5.69. The molecule has 0 saturated carbocycles. The van der Waals surface area contributed by atoms with E-state index in [0.29, 0.717) is 13.2 Å². The van der Waals surface area contributed by atoms with Crippen molar-refractivity contribution in [1.82, 2.24) is 14.8 Å². The number of hydrogen-bond donors (Lipinski definition) is 1. The van der Waals surface area contributed by atoms with E-state index in [-0.39, 0.29) is 6.10 Å². The molecule has 0 aliphatic carbocycles. The molecule has 2 unspecified atom stereocenters. The predicted octanol–water partition coefficient (Wildman–Crippen LogP) is 0.767. The van der Waals surface area contributed by atoms with Crippen molar-refractivity contribution < 1.29 is 4.74 Å². The van der Waals surface area contributed by atoms with Crippen molar-refractivity contribution in [3.63, 3.8) is 0 Å². The summed E-state index contributed by atoms with van der Waals surface area (Å²) >= 11 is 0. The Morgan fingerprint density at radius 3 is 3.06 bits per heavy atom. The minimum atomic E-state index is 0.0626. The summed E-state index contributed by atoms with van der Waals surface area (Å²) in [6.45, 7) is 6.51. The second kappa shape index (κ2) is 5.60. The van der Waals surface area contributed by atoms with Crippen molar-refractivity contribution in [3.05, 3.63) is 11.6 Å². The highest BCUT2D eigenvalue weighted by molar-refractivity contribution is 5.01. The third kappa shape index (κ3) is 2.84. The summed E-state index contributed by atoms with van der Waals surface area (Å²) in [5.74, 6) is 2.86. The van der Waals surface area contributed by atoms with Crippen LogP contribution in [-0.2, 0) is 24.1 Å². The van der Waals surface area contributed by atoms with Crippen molar-refractivity contribution in [2.75, 3.05) is 13.2 Å². The van der Waals surface area contributed by atoms with Crippen LogP contribution in [0.4, 0.5) is 0 Å². The Bertz CT molecular complexity index is 363. The maximum Gasteiger partial charge on any atom is 0.135 e. The lowest BCUT2D eigenvalue weighted by molar-refractivity contribution is 0.0672. The number of rotatable bonds is 5. The highest BCUT2D eigenvalue weighted by Gasteiger charge is 2.21. The molecule has 0 fully saturated rings. The molecule has 96 valence electrons. The van der Waals surface area contributed by atoms with E-state index in [1.54, 1.807) is 0 Å². The summed E-state index contributed by atoms with van der Waals surface area (Å²) in [6, 6.07) is 0. The second-order valence-electron chi connectivity index (χ2n) is 4.80. The maximum atomic E-state index is 5.69. The van der Waals surface area contributed by atoms with Gasteiger partial charge in [-0.15, -0.1) is 10.2 Å². The first-order chi connectivity index (χ1) is 8.24. The summed E-state index contributed by atoms with van der Waals surface area (Å²) in [4.78, 5) is 0. The largest absolute Gasteiger partial charge is 0.377 e. The van der Waals surface area contributed by atoms with E-state index in [0.717, 1.165) is 37.0 Å². The van der Waals surface area contributed by atoms with Gasteiger partial charge in [-0.25, -0.2) is 0 Å². The van der Waals surface area contributed by atoms with E-state index in [1.165, 1.54) is 6.42 Å². The molecular formula is C12H22N4O. The Morgan fingerprint density at radius 2 is 2.35 bits per heavy atom. The van der Waals surface area contributed by atoms with E-state index in [2.05, 4.69) is 21.7 Å². The van der Waals surface area contributed by atoms with Crippen LogP contribution in [0.2, 0.25) is 0 Å². The first-order valence-electron chi connectivity index (χ1n) is 6.47. The molecule has 2 N–H and O–H groups in total. The van der Waals surface area contributed by atoms with Crippen LogP contribution in [0.3, 0.4) is 0 Å². The zero-order valence-corrected chi connectivity index (χ0v) is 10.7.